The summed E-state index contributed by atoms with van der Waals surface area (Å²) in [6, 6.07) is 13.9. The molecule has 0 bridgehead atoms. The van der Waals surface area contributed by atoms with Gasteiger partial charge >= 0.3 is 5.97 Å². The van der Waals surface area contributed by atoms with Gasteiger partial charge < -0.3 is 9.47 Å². The number of nitrogens with zero attached hydrogens (tertiary/aromatic N) is 2. The zero-order valence-corrected chi connectivity index (χ0v) is 19.5. The quantitative estimate of drug-likeness (QED) is 0.396. The van der Waals surface area contributed by atoms with Crippen LogP contribution in [-0.2, 0) is 16.1 Å². The van der Waals surface area contributed by atoms with Crippen molar-refractivity contribution in [3.63, 3.8) is 0 Å². The number of allylic oxidation sites excluding steroid dienone is 8. The van der Waals surface area contributed by atoms with Crippen molar-refractivity contribution in [1.29, 1.82) is 0 Å². The van der Waals surface area contributed by atoms with Gasteiger partial charge in [-0.3, -0.25) is 9.78 Å². The third-order valence-electron chi connectivity index (χ3n) is 6.39. The zero-order chi connectivity index (χ0) is 23.9. The van der Waals surface area contributed by atoms with Gasteiger partial charge in [-0.1, -0.05) is 72.9 Å². The molecule has 5 nitrogen and oxygen atoms in total. The molecule has 1 fully saturated rings. The summed E-state index contributed by atoms with van der Waals surface area (Å²) in [6.45, 7) is 0.322. The highest BCUT2D eigenvalue weighted by Gasteiger charge is 2.29. The minimum Gasteiger partial charge on any atom is -0.488 e. The Morgan fingerprint density at radius 2 is 1.66 bits per heavy atom. The second-order valence-corrected chi connectivity index (χ2v) is 8.83. The number of rotatable bonds is 6. The first kappa shape index (κ1) is 22.8. The largest absolute Gasteiger partial charge is 0.488 e. The molecule has 0 spiro atoms. The summed E-state index contributed by atoms with van der Waals surface area (Å²) in [6.07, 6.45) is 20.7. The van der Waals surface area contributed by atoms with E-state index in [9.17, 15) is 4.79 Å². The fourth-order valence-electron chi connectivity index (χ4n) is 4.50. The molecular weight excluding hydrogens is 436 g/mol. The van der Waals surface area contributed by atoms with Gasteiger partial charge in [0.25, 0.3) is 0 Å². The molecule has 176 valence electrons. The average Bonchev–Trinajstić information content (AvgIpc) is 2.88. The van der Waals surface area contributed by atoms with Crippen LogP contribution in [0.5, 0.6) is 5.75 Å². The van der Waals surface area contributed by atoms with Gasteiger partial charge in [0.1, 0.15) is 17.9 Å². The van der Waals surface area contributed by atoms with Crippen LogP contribution < -0.4 is 4.74 Å². The number of carbonyl (C=O) groups excluding carboxylic acids is 1. The predicted octanol–water partition coefficient (Wildman–Crippen LogP) is 6.38. The van der Waals surface area contributed by atoms with Crippen molar-refractivity contribution >= 4 is 22.6 Å². The lowest BCUT2D eigenvalue weighted by Gasteiger charge is -2.28. The van der Waals surface area contributed by atoms with Crippen molar-refractivity contribution in [2.75, 3.05) is 0 Å². The molecule has 0 saturated heterocycles. The van der Waals surface area contributed by atoms with Crippen LogP contribution in [-0.4, -0.2) is 22.0 Å². The van der Waals surface area contributed by atoms with Crippen molar-refractivity contribution < 1.29 is 14.3 Å². The maximum atomic E-state index is 12.6. The van der Waals surface area contributed by atoms with Crippen LogP contribution in [0.15, 0.2) is 97.4 Å². The number of hydrogen-bond acceptors (Lipinski definition) is 5. The van der Waals surface area contributed by atoms with Gasteiger partial charge in [-0.2, -0.15) is 0 Å². The lowest BCUT2D eigenvalue weighted by molar-refractivity contribution is -0.151. The van der Waals surface area contributed by atoms with E-state index in [0.717, 1.165) is 59.2 Å². The molecule has 3 aromatic rings. The van der Waals surface area contributed by atoms with Gasteiger partial charge in [-0.15, -0.1) is 0 Å². The number of hydrogen-bond donors (Lipinski definition) is 0. The monoisotopic (exact) mass is 464 g/mol. The molecule has 0 atom stereocenters. The topological polar surface area (TPSA) is 61.3 Å². The standard InChI is InChI=1S/C30H28N2O3/c33-30(34-21-22-9-5-4-6-10-22)24-13-15-26(16-14-24)35-28-20-25(19-27-29(28)32-18-17-31-27)23-11-7-2-1-3-8-12-23/h1-12,17-20,24,26H,13-16,21H2/b2-1-,3-1?,7-2?,8-3-,11-7?,12-8?,23-11?,23-12?. The van der Waals surface area contributed by atoms with Gasteiger partial charge in [0.15, 0.2) is 0 Å². The predicted molar refractivity (Wildman–Crippen MR) is 138 cm³/mol. The first-order chi connectivity index (χ1) is 17.3. The highest BCUT2D eigenvalue weighted by molar-refractivity contribution is 5.88. The van der Waals surface area contributed by atoms with Crippen molar-refractivity contribution in [1.82, 2.24) is 9.97 Å². The molecule has 0 amide bonds. The molecule has 5 rings (SSSR count). The summed E-state index contributed by atoms with van der Waals surface area (Å²) in [5.41, 5.74) is 4.67. The molecular formula is C30H28N2O3. The van der Waals surface area contributed by atoms with Crippen LogP contribution in [0.25, 0.3) is 16.6 Å². The van der Waals surface area contributed by atoms with Crippen LogP contribution in [0.2, 0.25) is 0 Å². The van der Waals surface area contributed by atoms with Gasteiger partial charge in [-0.25, -0.2) is 4.98 Å². The molecule has 1 saturated carbocycles. The van der Waals surface area contributed by atoms with E-state index >= 15 is 0 Å². The smallest absolute Gasteiger partial charge is 0.309 e. The number of benzene rings is 2. The highest BCUT2D eigenvalue weighted by Crippen LogP contribution is 2.33. The van der Waals surface area contributed by atoms with Gasteiger partial charge in [0.2, 0.25) is 0 Å². The fourth-order valence-corrected chi connectivity index (χ4v) is 4.50. The molecule has 35 heavy (non-hydrogen) atoms. The fraction of sp³-hybridized carbons (Fsp3) is 0.233. The molecule has 0 unspecified atom stereocenters. The summed E-state index contributed by atoms with van der Waals surface area (Å²) < 4.78 is 12.0. The second kappa shape index (κ2) is 11.0. The molecule has 5 heteroatoms. The Labute approximate surface area is 205 Å². The van der Waals surface area contributed by atoms with Gasteiger partial charge in [0.05, 0.1) is 17.5 Å². The van der Waals surface area contributed by atoms with Crippen molar-refractivity contribution in [2.24, 2.45) is 5.92 Å². The maximum absolute atomic E-state index is 12.6. The van der Waals surface area contributed by atoms with E-state index in [2.05, 4.69) is 22.1 Å². The number of fused-ring (bicyclic) bond motifs is 1. The van der Waals surface area contributed by atoms with E-state index < -0.39 is 0 Å². The molecule has 2 aliphatic rings. The maximum Gasteiger partial charge on any atom is 0.309 e. The van der Waals surface area contributed by atoms with Gasteiger partial charge in [-0.05, 0) is 54.5 Å². The highest BCUT2D eigenvalue weighted by atomic mass is 16.5. The zero-order valence-electron chi connectivity index (χ0n) is 19.5. The summed E-state index contributed by atoms with van der Waals surface area (Å²) in [5.74, 6) is 0.541. The van der Waals surface area contributed by atoms with E-state index in [1.54, 1.807) is 12.4 Å². The second-order valence-electron chi connectivity index (χ2n) is 8.83. The number of carbonyl (C=O) groups is 1. The molecule has 1 heterocycles. The number of ether oxygens (including phenoxy) is 2. The van der Waals surface area contributed by atoms with Crippen LogP contribution in [0.3, 0.4) is 0 Å². The van der Waals surface area contributed by atoms with Crippen LogP contribution in [0, 0.1) is 5.92 Å². The first-order valence-corrected chi connectivity index (χ1v) is 12.1. The summed E-state index contributed by atoms with van der Waals surface area (Å²) in [5, 5.41) is 0. The minimum atomic E-state index is -0.115. The lowest BCUT2D eigenvalue weighted by atomic mass is 9.87. The average molecular weight is 465 g/mol. The van der Waals surface area contributed by atoms with Crippen LogP contribution in [0.4, 0.5) is 0 Å². The van der Waals surface area contributed by atoms with E-state index in [1.807, 2.05) is 72.8 Å². The first-order valence-electron chi connectivity index (χ1n) is 12.1. The third-order valence-corrected chi connectivity index (χ3v) is 6.39. The normalized spacial score (nSPS) is 21.4. The Morgan fingerprint density at radius 3 is 2.51 bits per heavy atom. The lowest BCUT2D eigenvalue weighted by Crippen LogP contribution is -2.29. The van der Waals surface area contributed by atoms with Gasteiger partial charge in [0, 0.05) is 12.4 Å². The Bertz CT molecular complexity index is 1300. The Balaban J connectivity index is 1.26. The van der Waals surface area contributed by atoms with E-state index in [-0.39, 0.29) is 18.0 Å². The van der Waals surface area contributed by atoms with E-state index in [0.29, 0.717) is 6.61 Å². The molecule has 0 aliphatic heterocycles. The summed E-state index contributed by atoms with van der Waals surface area (Å²) >= 11 is 0. The van der Waals surface area contributed by atoms with E-state index in [1.165, 1.54) is 0 Å². The Hall–Kier alpha value is -3.99. The molecule has 1 aromatic heterocycles. The van der Waals surface area contributed by atoms with Crippen molar-refractivity contribution in [3.8, 4) is 5.75 Å². The molecule has 2 aromatic carbocycles. The minimum absolute atomic E-state index is 0.0262. The van der Waals surface area contributed by atoms with Crippen molar-refractivity contribution in [2.45, 2.75) is 38.4 Å². The SMILES string of the molecule is O=C(OCc1ccccc1)C1CCC(Oc2cc(C3=C/C=C\C=C/C=C3)cc3nccnc23)CC1. The Morgan fingerprint density at radius 1 is 0.886 bits per heavy atom. The number of esters is 1. The molecule has 0 N–H and O–H groups in total. The van der Waals surface area contributed by atoms with E-state index in [4.69, 9.17) is 9.47 Å². The summed E-state index contributed by atoms with van der Waals surface area (Å²) in [7, 11) is 0. The molecule has 2 aliphatic carbocycles. The summed E-state index contributed by atoms with van der Waals surface area (Å²) in [4.78, 5) is 21.6. The molecule has 0 radical (unpaired) electrons. The Kier molecular flexibility index (Phi) is 7.13. The number of aromatic nitrogens is 2. The van der Waals surface area contributed by atoms with Crippen LogP contribution in [0.1, 0.15) is 36.8 Å². The van der Waals surface area contributed by atoms with Crippen molar-refractivity contribution in [3.05, 3.63) is 109 Å². The van der Waals surface area contributed by atoms with Crippen LogP contribution >= 0.6 is 0 Å². The third kappa shape index (κ3) is 5.75.